The molecule has 0 saturated heterocycles. The lowest BCUT2D eigenvalue weighted by Crippen LogP contribution is -2.18. The number of thiazole rings is 1. The second-order valence-corrected chi connectivity index (χ2v) is 5.77. The first kappa shape index (κ1) is 17.7. The molecule has 3 rings (SSSR count). The van der Waals surface area contributed by atoms with Crippen molar-refractivity contribution in [1.82, 2.24) is 20.4 Å². The van der Waals surface area contributed by atoms with Gasteiger partial charge in [0.25, 0.3) is 0 Å². The van der Waals surface area contributed by atoms with Gasteiger partial charge in [0.15, 0.2) is 10.8 Å². The van der Waals surface area contributed by atoms with E-state index >= 15 is 0 Å². The molecule has 0 saturated carbocycles. The second-order valence-electron chi connectivity index (χ2n) is 4.93. The third kappa shape index (κ3) is 3.75. The van der Waals surface area contributed by atoms with Gasteiger partial charge >= 0.3 is 6.36 Å². The Bertz CT molecular complexity index is 928. The van der Waals surface area contributed by atoms with Crippen LogP contribution in [0.15, 0.2) is 29.6 Å². The monoisotopic (exact) mass is 380 g/mol. The van der Waals surface area contributed by atoms with Crippen molar-refractivity contribution >= 4 is 22.2 Å². The molecule has 0 bridgehead atoms. The molecule has 0 unspecified atom stereocenters. The zero-order valence-electron chi connectivity index (χ0n) is 13.3. The summed E-state index contributed by atoms with van der Waals surface area (Å²) in [4.78, 5) is 6.27. The van der Waals surface area contributed by atoms with E-state index in [2.05, 4.69) is 25.1 Å². The molecule has 0 radical (unpaired) electrons. The highest BCUT2D eigenvalue weighted by Gasteiger charge is 2.31. The van der Waals surface area contributed by atoms with Crippen LogP contribution in [0.1, 0.15) is 12.6 Å². The van der Waals surface area contributed by atoms with Crippen molar-refractivity contribution in [1.29, 1.82) is 5.26 Å². The van der Waals surface area contributed by atoms with Crippen LogP contribution in [0.2, 0.25) is 0 Å². The minimum Gasteiger partial charge on any atom is -0.406 e. The summed E-state index contributed by atoms with van der Waals surface area (Å²) in [6.07, 6.45) is -4.73. The Kier molecular flexibility index (Phi) is 4.77. The van der Waals surface area contributed by atoms with Gasteiger partial charge in [0.1, 0.15) is 23.2 Å². The largest absolute Gasteiger partial charge is 0.573 e. The number of benzene rings is 1. The lowest BCUT2D eigenvalue weighted by Gasteiger charge is -2.20. The van der Waals surface area contributed by atoms with Crippen LogP contribution in [0.5, 0.6) is 5.75 Å². The van der Waals surface area contributed by atoms with Crippen molar-refractivity contribution in [3.05, 3.63) is 35.3 Å². The Labute approximate surface area is 149 Å². The van der Waals surface area contributed by atoms with E-state index in [0.717, 1.165) is 0 Å². The minimum atomic E-state index is -4.73. The lowest BCUT2D eigenvalue weighted by molar-refractivity contribution is -0.274. The van der Waals surface area contributed by atoms with E-state index < -0.39 is 6.36 Å². The normalized spacial score (nSPS) is 11.2. The molecule has 0 aliphatic carbocycles. The number of aromatic amines is 1. The van der Waals surface area contributed by atoms with Crippen LogP contribution in [-0.2, 0) is 0 Å². The second kappa shape index (κ2) is 7.01. The first-order chi connectivity index (χ1) is 12.4. The van der Waals surface area contributed by atoms with Crippen LogP contribution in [0.4, 0.5) is 24.0 Å². The van der Waals surface area contributed by atoms with E-state index in [1.807, 2.05) is 17.9 Å². The predicted molar refractivity (Wildman–Crippen MR) is 88.0 cm³/mol. The Morgan fingerprint density at radius 3 is 2.62 bits per heavy atom. The van der Waals surface area contributed by atoms with E-state index in [9.17, 15) is 13.2 Å². The van der Waals surface area contributed by atoms with Crippen LogP contribution < -0.4 is 9.64 Å². The number of alkyl halides is 3. The van der Waals surface area contributed by atoms with Crippen molar-refractivity contribution in [3.63, 3.8) is 0 Å². The molecule has 0 aliphatic rings. The summed E-state index contributed by atoms with van der Waals surface area (Å²) in [5.41, 5.74) is 1.63. The molecule has 134 valence electrons. The third-order valence-electron chi connectivity index (χ3n) is 3.32. The smallest absolute Gasteiger partial charge is 0.406 e. The standard InChI is InChI=1S/C15H11F3N6OS/c1-2-24(9-3-5-10(6-4-9)25-15(16,17)18)14-20-12(8-26-14)13-11(7-19)21-23-22-13/h3-6,8H,2H2,1H3,(H,21,22,23). The number of aromatic nitrogens is 4. The summed E-state index contributed by atoms with van der Waals surface area (Å²) >= 11 is 1.32. The van der Waals surface area contributed by atoms with Gasteiger partial charge in [-0.1, -0.05) is 0 Å². The summed E-state index contributed by atoms with van der Waals surface area (Å²) < 4.78 is 40.6. The fourth-order valence-electron chi connectivity index (χ4n) is 2.24. The van der Waals surface area contributed by atoms with E-state index in [0.29, 0.717) is 28.8 Å². The maximum Gasteiger partial charge on any atom is 0.573 e. The Hall–Kier alpha value is -3.13. The molecule has 0 amide bonds. The number of hydrogen-bond donors (Lipinski definition) is 1. The number of halogens is 3. The number of nitrogens with one attached hydrogen (secondary N) is 1. The highest BCUT2D eigenvalue weighted by molar-refractivity contribution is 7.14. The molecule has 2 aromatic heterocycles. The van der Waals surface area contributed by atoms with E-state index in [-0.39, 0.29) is 11.4 Å². The minimum absolute atomic E-state index is 0.138. The van der Waals surface area contributed by atoms with E-state index in [1.54, 1.807) is 5.38 Å². The van der Waals surface area contributed by atoms with Crippen molar-refractivity contribution < 1.29 is 17.9 Å². The summed E-state index contributed by atoms with van der Waals surface area (Å²) in [5, 5.41) is 21.4. The first-order valence-electron chi connectivity index (χ1n) is 7.31. The molecule has 3 aromatic rings. The number of anilines is 2. The highest BCUT2D eigenvalue weighted by Crippen LogP contribution is 2.33. The number of ether oxygens (including phenoxy) is 1. The summed E-state index contributed by atoms with van der Waals surface area (Å²) in [6, 6.07) is 7.44. The maximum atomic E-state index is 12.3. The molecule has 0 fully saturated rings. The average Bonchev–Trinajstić information content (AvgIpc) is 3.24. The molecule has 0 spiro atoms. The number of hydrogen-bond acceptors (Lipinski definition) is 7. The molecule has 26 heavy (non-hydrogen) atoms. The molecule has 0 atom stereocenters. The molecular formula is C15H11F3N6OS. The summed E-state index contributed by atoms with van der Waals surface area (Å²) in [6.45, 7) is 2.42. The molecule has 2 heterocycles. The SMILES string of the molecule is CCN(c1ccc(OC(F)(F)F)cc1)c1nc(-c2n[nH]nc2C#N)cs1. The van der Waals surface area contributed by atoms with Gasteiger partial charge in [-0.05, 0) is 31.2 Å². The molecule has 7 nitrogen and oxygen atoms in total. The summed E-state index contributed by atoms with van der Waals surface area (Å²) in [7, 11) is 0. The fraction of sp³-hybridized carbons (Fsp3) is 0.200. The van der Waals surface area contributed by atoms with Crippen LogP contribution in [0.25, 0.3) is 11.4 Å². The van der Waals surface area contributed by atoms with Crippen LogP contribution in [0.3, 0.4) is 0 Å². The quantitative estimate of drug-likeness (QED) is 0.723. The third-order valence-corrected chi connectivity index (χ3v) is 4.18. The highest BCUT2D eigenvalue weighted by atomic mass is 32.1. The zero-order chi connectivity index (χ0) is 18.7. The zero-order valence-corrected chi connectivity index (χ0v) is 14.1. The maximum absolute atomic E-state index is 12.3. The number of rotatable bonds is 5. The van der Waals surface area contributed by atoms with Gasteiger partial charge in [-0.25, -0.2) is 4.98 Å². The van der Waals surface area contributed by atoms with Gasteiger partial charge in [0, 0.05) is 17.6 Å². The number of nitriles is 1. The number of H-pyrrole nitrogens is 1. The molecule has 11 heteroatoms. The Morgan fingerprint density at radius 1 is 1.27 bits per heavy atom. The fourth-order valence-corrected chi connectivity index (χ4v) is 3.13. The van der Waals surface area contributed by atoms with E-state index in [1.165, 1.54) is 35.6 Å². The lowest BCUT2D eigenvalue weighted by atomic mass is 10.3. The van der Waals surface area contributed by atoms with Gasteiger partial charge in [-0.3, -0.25) is 0 Å². The molecule has 0 aliphatic heterocycles. The summed E-state index contributed by atoms with van der Waals surface area (Å²) in [5.74, 6) is -0.293. The molecule has 1 aromatic carbocycles. The first-order valence-corrected chi connectivity index (χ1v) is 8.19. The topological polar surface area (TPSA) is 90.7 Å². The molecule has 1 N–H and O–H groups in total. The van der Waals surface area contributed by atoms with Gasteiger partial charge in [0.2, 0.25) is 0 Å². The van der Waals surface area contributed by atoms with Crippen LogP contribution >= 0.6 is 11.3 Å². The van der Waals surface area contributed by atoms with Gasteiger partial charge in [0.05, 0.1) is 0 Å². The Balaban J connectivity index is 1.85. The van der Waals surface area contributed by atoms with Gasteiger partial charge in [-0.15, -0.1) is 29.6 Å². The van der Waals surface area contributed by atoms with Gasteiger partial charge < -0.3 is 9.64 Å². The average molecular weight is 380 g/mol. The number of nitrogens with zero attached hydrogens (tertiary/aromatic N) is 5. The molecular weight excluding hydrogens is 369 g/mol. The van der Waals surface area contributed by atoms with Crippen molar-refractivity contribution in [2.75, 3.05) is 11.4 Å². The Morgan fingerprint density at radius 2 is 2.00 bits per heavy atom. The van der Waals surface area contributed by atoms with Crippen molar-refractivity contribution in [3.8, 4) is 23.2 Å². The van der Waals surface area contributed by atoms with Crippen molar-refractivity contribution in [2.24, 2.45) is 0 Å². The van der Waals surface area contributed by atoms with Crippen LogP contribution in [-0.4, -0.2) is 33.3 Å². The van der Waals surface area contributed by atoms with Gasteiger partial charge in [-0.2, -0.15) is 15.6 Å². The van der Waals surface area contributed by atoms with Crippen molar-refractivity contribution in [2.45, 2.75) is 13.3 Å². The van der Waals surface area contributed by atoms with Crippen LogP contribution in [0, 0.1) is 11.3 Å². The predicted octanol–water partition coefficient (Wildman–Crippen LogP) is 3.86. The van der Waals surface area contributed by atoms with E-state index in [4.69, 9.17) is 5.26 Å².